The molecular formula is C74H106N4O18. The number of hydrazone groups is 1. The number of piperazine rings is 1. The monoisotopic (exact) mass is 1340 g/mol. The Balaban J connectivity index is 0.000000272. The highest BCUT2D eigenvalue weighted by atomic mass is 16.7. The van der Waals surface area contributed by atoms with Gasteiger partial charge in [-0.3, -0.25) is 24.2 Å². The first kappa shape index (κ1) is 75.0. The SMILES string of the molecule is CC(=O)O[C@H]1C[C@@]2(C)[C@@H](C[C@@H](O)[C@H]3[C@@]4(C)CC[C@@H](O)[C@@H](C)[C@@H]4CC[C@@]32C)/C1=C(\CCC=C(C)C)C(=O)O.CO[C@H]1/C=C/O[C@@]2(C)Oc3c(C)c(O)c4c(O)c(c(/C=N/N5CCN(C)CC5)c(O)c4c3C2=O)NC(=O)/C(C)=C\C=C\[C@H](C)[C@H](O)[C@@H](C)[C@@H](O)[C@@H](C)[C@H](OC(C)=O)[C@@H]1C. The van der Waals surface area contributed by atoms with Gasteiger partial charge in [0.1, 0.15) is 29.5 Å². The second-order valence-corrected chi connectivity index (χ2v) is 29.8. The summed E-state index contributed by atoms with van der Waals surface area (Å²) in [5.41, 5.74) is 1.22. The van der Waals surface area contributed by atoms with Gasteiger partial charge < -0.3 is 74.8 Å². The Bertz CT molecular complexity index is 3490. The van der Waals surface area contributed by atoms with Crippen molar-refractivity contribution >= 4 is 52.3 Å². The fourth-order valence-electron chi connectivity index (χ4n) is 17.7. The number of aliphatic hydroxyl groups excluding tert-OH is 4. The van der Waals surface area contributed by atoms with Gasteiger partial charge in [-0.2, -0.15) is 5.10 Å². The van der Waals surface area contributed by atoms with Crippen molar-refractivity contribution in [2.75, 3.05) is 45.7 Å². The fraction of sp³-hybridized carbons (Fsp3) is 0.649. The van der Waals surface area contributed by atoms with Gasteiger partial charge in [-0.1, -0.05) is 85.3 Å². The predicted molar refractivity (Wildman–Crippen MR) is 363 cm³/mol. The van der Waals surface area contributed by atoms with Gasteiger partial charge in [-0.05, 0) is 138 Å². The van der Waals surface area contributed by atoms with Crippen molar-refractivity contribution in [1.82, 2.24) is 9.91 Å². The molecule has 8 aliphatic rings. The summed E-state index contributed by atoms with van der Waals surface area (Å²) in [5, 5.41) is 99.7. The Morgan fingerprint density at radius 1 is 0.792 bits per heavy atom. The summed E-state index contributed by atoms with van der Waals surface area (Å²) in [6.45, 7) is 29.5. The summed E-state index contributed by atoms with van der Waals surface area (Å²) < 4.78 is 29.5. The van der Waals surface area contributed by atoms with Crippen LogP contribution in [0, 0.1) is 70.5 Å². The zero-order valence-corrected chi connectivity index (χ0v) is 59.2. The van der Waals surface area contributed by atoms with Crippen LogP contribution in [-0.2, 0) is 38.1 Å². The number of carbonyl (C=O) groups excluding carboxylic acids is 4. The van der Waals surface area contributed by atoms with Gasteiger partial charge in [0.2, 0.25) is 0 Å². The molecule has 22 heteroatoms. The number of esters is 2. The van der Waals surface area contributed by atoms with Crippen molar-refractivity contribution in [1.29, 1.82) is 0 Å². The first-order valence-electron chi connectivity index (χ1n) is 34.1. The van der Waals surface area contributed by atoms with Gasteiger partial charge in [-0.25, -0.2) is 4.79 Å². The quantitative estimate of drug-likeness (QED) is 0.0281. The predicted octanol–water partition coefficient (Wildman–Crippen LogP) is 10.0. The van der Waals surface area contributed by atoms with Crippen LogP contribution >= 0.6 is 0 Å². The molecule has 4 saturated carbocycles. The average molecular weight is 1340 g/mol. The summed E-state index contributed by atoms with van der Waals surface area (Å²) in [5.74, 6) is -9.25. The maximum absolute atomic E-state index is 14.4. The molecule has 1 saturated heterocycles. The summed E-state index contributed by atoms with van der Waals surface area (Å²) in [6.07, 6.45) is 11.1. The van der Waals surface area contributed by atoms with Crippen LogP contribution in [0.4, 0.5) is 5.69 Å². The molecule has 1 amide bonds. The normalized spacial score (nSPS) is 37.5. The summed E-state index contributed by atoms with van der Waals surface area (Å²) >= 11 is 0. The van der Waals surface area contributed by atoms with Crippen LogP contribution in [-0.4, -0.2) is 175 Å². The van der Waals surface area contributed by atoms with E-state index in [9.17, 15) is 64.8 Å². The van der Waals surface area contributed by atoms with E-state index in [1.807, 2.05) is 27.0 Å². The minimum Gasteiger partial charge on any atom is -0.507 e. The smallest absolute Gasteiger partial charge is 0.331 e. The van der Waals surface area contributed by atoms with E-state index in [4.69, 9.17) is 23.7 Å². The molecule has 0 spiro atoms. The Hall–Kier alpha value is -6.82. The van der Waals surface area contributed by atoms with E-state index in [0.29, 0.717) is 50.3 Å². The van der Waals surface area contributed by atoms with Crippen LogP contribution in [0.2, 0.25) is 0 Å². The number of ether oxygens (including phenoxy) is 5. The third kappa shape index (κ3) is 14.1. The van der Waals surface area contributed by atoms with Crippen LogP contribution < -0.4 is 10.1 Å². The molecule has 19 atom stereocenters. The Morgan fingerprint density at radius 2 is 1.45 bits per heavy atom. The van der Waals surface area contributed by atoms with Crippen molar-refractivity contribution < 1.29 is 88.5 Å². The molecule has 0 radical (unpaired) electrons. The molecule has 22 nitrogen and oxygen atoms in total. The van der Waals surface area contributed by atoms with Crippen LogP contribution in [0.25, 0.3) is 10.8 Å². The van der Waals surface area contributed by atoms with Crippen molar-refractivity contribution in [3.8, 4) is 23.0 Å². The van der Waals surface area contributed by atoms with Gasteiger partial charge in [0.15, 0.2) is 5.75 Å². The third-order valence-electron chi connectivity index (χ3n) is 23.4. The Labute approximate surface area is 565 Å². The van der Waals surface area contributed by atoms with Crippen molar-refractivity contribution in [3.05, 3.63) is 75.6 Å². The van der Waals surface area contributed by atoms with Gasteiger partial charge >= 0.3 is 23.7 Å². The number of amides is 1. The highest BCUT2D eigenvalue weighted by Gasteiger charge is 2.71. The lowest BCUT2D eigenvalue weighted by atomic mass is 9.36. The van der Waals surface area contributed by atoms with Crippen LogP contribution in [0.3, 0.4) is 0 Å². The van der Waals surface area contributed by atoms with E-state index in [0.717, 1.165) is 49.9 Å². The molecule has 5 bridgehead atoms. The molecule has 0 unspecified atom stereocenters. The highest BCUT2D eigenvalue weighted by molar-refractivity contribution is 6.24. The maximum atomic E-state index is 14.4. The number of carbonyl (C=O) groups is 5. The number of likely N-dealkylation sites (N-methyl/N-ethyl adjacent to an activating group) is 1. The molecular weight excluding hydrogens is 1230 g/mol. The number of rotatable bonds is 9. The number of fused-ring (bicyclic) bond motifs is 19. The summed E-state index contributed by atoms with van der Waals surface area (Å²) in [4.78, 5) is 67.5. The number of aliphatic hydroxyl groups is 4. The number of carboxylic acid groups (broad SMARTS) is 1. The first-order valence-corrected chi connectivity index (χ1v) is 34.1. The van der Waals surface area contributed by atoms with E-state index < -0.39 is 113 Å². The Kier molecular flexibility index (Phi) is 22.9. The van der Waals surface area contributed by atoms with Crippen LogP contribution in [0.1, 0.15) is 170 Å². The van der Waals surface area contributed by atoms with E-state index in [1.165, 1.54) is 66.4 Å². The van der Waals surface area contributed by atoms with Gasteiger partial charge in [0.25, 0.3) is 11.7 Å². The average Bonchev–Trinajstić information content (AvgIpc) is 1.29. The van der Waals surface area contributed by atoms with E-state index in [-0.39, 0.29) is 84.6 Å². The number of anilines is 1. The third-order valence-corrected chi connectivity index (χ3v) is 23.4. The molecule has 96 heavy (non-hydrogen) atoms. The first-order chi connectivity index (χ1) is 44.9. The molecule has 2 aromatic rings. The van der Waals surface area contributed by atoms with E-state index in [2.05, 4.69) is 43.0 Å². The molecule has 4 aliphatic carbocycles. The van der Waals surface area contributed by atoms with Crippen molar-refractivity contribution in [2.45, 2.75) is 204 Å². The number of hydrogen-bond acceptors (Lipinski definition) is 20. The van der Waals surface area contributed by atoms with Crippen LogP contribution in [0.5, 0.6) is 23.0 Å². The van der Waals surface area contributed by atoms with Crippen molar-refractivity contribution in [3.63, 3.8) is 0 Å². The molecule has 0 aromatic heterocycles. The largest absolute Gasteiger partial charge is 0.507 e. The van der Waals surface area contributed by atoms with Crippen molar-refractivity contribution in [2.24, 2.45) is 68.7 Å². The molecule has 5 fully saturated rings. The number of phenolic OH excluding ortho intramolecular Hbond substituents is 3. The number of nitrogens with one attached hydrogen (secondary N) is 1. The fourth-order valence-corrected chi connectivity index (χ4v) is 17.7. The number of carboxylic acids is 1. The van der Waals surface area contributed by atoms with Gasteiger partial charge in [0, 0.05) is 99.8 Å². The van der Waals surface area contributed by atoms with Gasteiger partial charge in [0.05, 0.1) is 65.2 Å². The standard InChI is InChI=1S/C43H58N4O12.C31H48O6/c1-21-12-11-13-22(2)42(55)45-33-28(20-44-47-17-15-46(9)16-18-47)37(52)30-31(38(33)53)36(51)26(6)40-32(30)41(54)43(8,59-40)57-19-14-29(56-10)23(3)39(58-27(7)48)25(5)35(50)24(4)34(21)49;1-17(2)9-8-10-20(28(35)36)26-22-15-24(34)27-29(5)13-12-23(33)18(3)21(29)11-14-30(27,6)31(22,7)16-25(26)37-19(4)32/h11-14,19-21,23-25,29,34-35,39,49-53H,15-18H2,1-10H3,(H,45,55);9,18,21-25,27,33-34H,8,10-16H2,1-7H3,(H,35,36)/b12-11+,19-14+,22-13-,44-20+;26-20-/t21-,23+,24+,25+,29-,34-,35+,39+,43-;18-,21-,22-,23+,24+,25-,27-,29-,30-,31-/m00/s1. The van der Waals surface area contributed by atoms with E-state index >= 15 is 0 Å². The molecule has 9 N–H and O–H groups in total. The number of nitrogens with zero attached hydrogens (tertiary/aromatic N) is 3. The number of Topliss-reactive ketones (excluding diaryl/α,β-unsaturated/α-hetero) is 1. The molecule has 4 heterocycles. The van der Waals surface area contributed by atoms with E-state index in [1.54, 1.807) is 44.9 Å². The molecule has 4 aliphatic heterocycles. The number of phenols is 3. The second-order valence-electron chi connectivity index (χ2n) is 29.8. The lowest BCUT2D eigenvalue weighted by molar-refractivity contribution is -0.234. The number of aromatic hydroxyl groups is 3. The number of benzene rings is 2. The number of hydrogen-bond donors (Lipinski definition) is 9. The second kappa shape index (κ2) is 29.3. The van der Waals surface area contributed by atoms with Gasteiger partial charge in [-0.15, -0.1) is 0 Å². The molecule has 2 aromatic carbocycles. The maximum Gasteiger partial charge on any atom is 0.331 e. The Morgan fingerprint density at radius 3 is 2.06 bits per heavy atom. The lowest BCUT2D eigenvalue weighted by Gasteiger charge is -2.69. The van der Waals surface area contributed by atoms with Crippen LogP contribution in [0.15, 0.2) is 64.0 Å². The molecule has 10 rings (SSSR count). The summed E-state index contributed by atoms with van der Waals surface area (Å²) in [6, 6.07) is 0. The zero-order chi connectivity index (χ0) is 71.2. The minimum atomic E-state index is -2.04. The highest BCUT2D eigenvalue weighted by Crippen LogP contribution is 2.74. The summed E-state index contributed by atoms with van der Waals surface area (Å²) in [7, 11) is 3.42. The number of ketones is 1. The minimum absolute atomic E-state index is 0.0474. The zero-order valence-electron chi connectivity index (χ0n) is 59.2. The molecule has 530 valence electrons. The lowest BCUT2D eigenvalue weighted by Crippen LogP contribution is -2.65. The number of methoxy groups -OCH3 is 1. The topological polar surface area (TPSA) is 324 Å². The number of allylic oxidation sites excluding steroid dienone is 4. The number of aliphatic carboxylic acids is 1.